The number of benzene rings is 1. The lowest BCUT2D eigenvalue weighted by atomic mass is 10.1. The first-order valence-electron chi connectivity index (χ1n) is 4.68. The second-order valence-corrected chi connectivity index (χ2v) is 4.40. The Hall–Kier alpha value is -2.08. The van der Waals surface area contributed by atoms with Gasteiger partial charge in [0, 0.05) is 10.1 Å². The molecule has 0 aliphatic heterocycles. The number of esters is 1. The summed E-state index contributed by atoms with van der Waals surface area (Å²) in [7, 11) is 1.27. The molecular formula is C11H9NO4S. The van der Waals surface area contributed by atoms with Crippen LogP contribution in [0.5, 0.6) is 0 Å². The molecule has 0 atom stereocenters. The maximum atomic E-state index is 11.4. The smallest absolute Gasteiger partial charge is 0.350 e. The molecule has 17 heavy (non-hydrogen) atoms. The van der Waals surface area contributed by atoms with Crippen LogP contribution in [0.1, 0.15) is 20.0 Å². The summed E-state index contributed by atoms with van der Waals surface area (Å²) in [5.41, 5.74) is 6.20. The Labute approximate surface area is 100 Å². The fourth-order valence-electron chi connectivity index (χ4n) is 1.49. The standard InChI is InChI=1S/C11H9NO4S/c1-16-11(15)9-8(12)6-4-5(10(13)14)2-3-7(6)17-9/h2-4H,12H2,1H3,(H,13,14). The first-order valence-corrected chi connectivity index (χ1v) is 5.50. The number of nitrogen functional groups attached to an aromatic ring is 1. The SMILES string of the molecule is COC(=O)c1sc2ccc(C(=O)O)cc2c1N. The predicted octanol–water partition coefficient (Wildman–Crippen LogP) is 1.97. The molecule has 2 aromatic rings. The number of carbonyl (C=O) groups excluding carboxylic acids is 1. The number of methoxy groups -OCH3 is 1. The van der Waals surface area contributed by atoms with E-state index in [2.05, 4.69) is 4.74 Å². The van der Waals surface area contributed by atoms with E-state index in [0.29, 0.717) is 10.3 Å². The Bertz CT molecular complexity index is 617. The fraction of sp³-hybridized carbons (Fsp3) is 0.0909. The number of ether oxygens (including phenoxy) is 1. The van der Waals surface area contributed by atoms with Crippen molar-refractivity contribution in [1.29, 1.82) is 0 Å². The average Bonchev–Trinajstić information content (AvgIpc) is 2.65. The van der Waals surface area contributed by atoms with Crippen LogP contribution in [-0.4, -0.2) is 24.2 Å². The van der Waals surface area contributed by atoms with Gasteiger partial charge >= 0.3 is 11.9 Å². The van der Waals surface area contributed by atoms with Crippen molar-refractivity contribution in [2.24, 2.45) is 0 Å². The molecule has 0 fully saturated rings. The zero-order valence-corrected chi connectivity index (χ0v) is 9.71. The number of carbonyl (C=O) groups is 2. The second-order valence-electron chi connectivity index (χ2n) is 3.35. The summed E-state index contributed by atoms with van der Waals surface area (Å²) in [6.45, 7) is 0. The van der Waals surface area contributed by atoms with E-state index < -0.39 is 11.9 Å². The van der Waals surface area contributed by atoms with E-state index in [0.717, 1.165) is 4.70 Å². The van der Waals surface area contributed by atoms with Gasteiger partial charge in [0.1, 0.15) is 4.88 Å². The van der Waals surface area contributed by atoms with Gasteiger partial charge in [-0.1, -0.05) is 0 Å². The maximum absolute atomic E-state index is 11.4. The third-order valence-corrected chi connectivity index (χ3v) is 3.51. The highest BCUT2D eigenvalue weighted by Crippen LogP contribution is 2.34. The Balaban J connectivity index is 2.66. The molecule has 0 radical (unpaired) electrons. The van der Waals surface area contributed by atoms with Gasteiger partial charge in [0.05, 0.1) is 18.4 Å². The Morgan fingerprint density at radius 1 is 1.41 bits per heavy atom. The lowest BCUT2D eigenvalue weighted by Gasteiger charge is -1.97. The van der Waals surface area contributed by atoms with Crippen LogP contribution in [-0.2, 0) is 4.74 Å². The van der Waals surface area contributed by atoms with Crippen LogP contribution in [0.2, 0.25) is 0 Å². The van der Waals surface area contributed by atoms with Gasteiger partial charge in [0.25, 0.3) is 0 Å². The number of carboxylic acid groups (broad SMARTS) is 1. The van der Waals surface area contributed by atoms with Gasteiger partial charge in [0.15, 0.2) is 0 Å². The van der Waals surface area contributed by atoms with E-state index in [-0.39, 0.29) is 11.3 Å². The number of hydrogen-bond donors (Lipinski definition) is 2. The van der Waals surface area contributed by atoms with Gasteiger partial charge in [0.2, 0.25) is 0 Å². The monoisotopic (exact) mass is 251 g/mol. The quantitative estimate of drug-likeness (QED) is 0.796. The molecule has 0 amide bonds. The zero-order chi connectivity index (χ0) is 12.6. The summed E-state index contributed by atoms with van der Waals surface area (Å²) < 4.78 is 5.36. The molecule has 2 rings (SSSR count). The number of nitrogens with two attached hydrogens (primary N) is 1. The van der Waals surface area contributed by atoms with Crippen LogP contribution >= 0.6 is 11.3 Å². The van der Waals surface area contributed by atoms with Crippen molar-refractivity contribution in [1.82, 2.24) is 0 Å². The van der Waals surface area contributed by atoms with Crippen molar-refractivity contribution in [2.45, 2.75) is 0 Å². The van der Waals surface area contributed by atoms with E-state index in [1.807, 2.05) is 0 Å². The average molecular weight is 251 g/mol. The van der Waals surface area contributed by atoms with Gasteiger partial charge in [-0.05, 0) is 18.2 Å². The van der Waals surface area contributed by atoms with Crippen molar-refractivity contribution in [3.63, 3.8) is 0 Å². The predicted molar refractivity (Wildman–Crippen MR) is 64.5 cm³/mol. The summed E-state index contributed by atoms with van der Waals surface area (Å²) in [5, 5.41) is 9.43. The van der Waals surface area contributed by atoms with E-state index in [9.17, 15) is 9.59 Å². The molecule has 0 saturated carbocycles. The topological polar surface area (TPSA) is 89.6 Å². The number of aromatic carboxylic acids is 1. The summed E-state index contributed by atoms with van der Waals surface area (Å²) in [4.78, 5) is 22.5. The van der Waals surface area contributed by atoms with Crippen LogP contribution in [0.3, 0.4) is 0 Å². The van der Waals surface area contributed by atoms with Crippen LogP contribution in [0.4, 0.5) is 5.69 Å². The summed E-state index contributed by atoms with van der Waals surface area (Å²) in [6, 6.07) is 4.56. The van der Waals surface area contributed by atoms with Crippen LogP contribution in [0, 0.1) is 0 Å². The number of hydrogen-bond acceptors (Lipinski definition) is 5. The highest BCUT2D eigenvalue weighted by Gasteiger charge is 2.17. The summed E-state index contributed by atoms with van der Waals surface area (Å²) in [6.07, 6.45) is 0. The molecule has 3 N–H and O–H groups in total. The molecule has 0 aliphatic rings. The second kappa shape index (κ2) is 4.06. The zero-order valence-electron chi connectivity index (χ0n) is 8.89. The van der Waals surface area contributed by atoms with E-state index >= 15 is 0 Å². The number of anilines is 1. The minimum Gasteiger partial charge on any atom is -0.478 e. The molecule has 0 saturated heterocycles. The van der Waals surface area contributed by atoms with E-state index in [4.69, 9.17) is 10.8 Å². The van der Waals surface area contributed by atoms with Crippen molar-refractivity contribution < 1.29 is 19.4 Å². The third-order valence-electron chi connectivity index (χ3n) is 2.34. The summed E-state index contributed by atoms with van der Waals surface area (Å²) in [5.74, 6) is -1.54. The summed E-state index contributed by atoms with van der Waals surface area (Å²) >= 11 is 1.18. The van der Waals surface area contributed by atoms with Gasteiger partial charge < -0.3 is 15.6 Å². The number of carboxylic acids is 1. The molecule has 88 valence electrons. The molecule has 0 bridgehead atoms. The van der Waals surface area contributed by atoms with Crippen molar-refractivity contribution in [2.75, 3.05) is 12.8 Å². The fourth-order valence-corrected chi connectivity index (χ4v) is 2.52. The van der Waals surface area contributed by atoms with Crippen LogP contribution < -0.4 is 5.73 Å². The Kier molecular flexibility index (Phi) is 2.72. The molecule has 6 heteroatoms. The van der Waals surface area contributed by atoms with Crippen molar-refractivity contribution in [3.8, 4) is 0 Å². The van der Waals surface area contributed by atoms with Gasteiger partial charge in [-0.15, -0.1) is 11.3 Å². The number of rotatable bonds is 2. The van der Waals surface area contributed by atoms with Crippen LogP contribution in [0.15, 0.2) is 18.2 Å². The highest BCUT2D eigenvalue weighted by atomic mass is 32.1. The Morgan fingerprint density at radius 3 is 2.71 bits per heavy atom. The minimum atomic E-state index is -1.03. The van der Waals surface area contributed by atoms with Gasteiger partial charge in [-0.25, -0.2) is 9.59 Å². The molecule has 1 heterocycles. The minimum absolute atomic E-state index is 0.137. The molecular weight excluding hydrogens is 242 g/mol. The highest BCUT2D eigenvalue weighted by molar-refractivity contribution is 7.21. The lowest BCUT2D eigenvalue weighted by molar-refractivity contribution is 0.0606. The van der Waals surface area contributed by atoms with Crippen LogP contribution in [0.25, 0.3) is 10.1 Å². The number of fused-ring (bicyclic) bond motifs is 1. The Morgan fingerprint density at radius 2 is 2.12 bits per heavy atom. The molecule has 0 aliphatic carbocycles. The molecule has 0 unspecified atom stereocenters. The first kappa shape index (κ1) is 11.4. The normalized spacial score (nSPS) is 10.4. The van der Waals surface area contributed by atoms with E-state index in [1.54, 1.807) is 6.07 Å². The first-order chi connectivity index (χ1) is 8.04. The molecule has 1 aromatic heterocycles. The number of thiophene rings is 1. The largest absolute Gasteiger partial charge is 0.478 e. The van der Waals surface area contributed by atoms with Gasteiger partial charge in [-0.2, -0.15) is 0 Å². The molecule has 5 nitrogen and oxygen atoms in total. The van der Waals surface area contributed by atoms with Gasteiger partial charge in [-0.3, -0.25) is 0 Å². The lowest BCUT2D eigenvalue weighted by Crippen LogP contribution is -2.01. The maximum Gasteiger partial charge on any atom is 0.350 e. The van der Waals surface area contributed by atoms with Crippen molar-refractivity contribution >= 4 is 39.0 Å². The molecule has 1 aromatic carbocycles. The van der Waals surface area contributed by atoms with Crippen molar-refractivity contribution in [3.05, 3.63) is 28.6 Å². The molecule has 0 spiro atoms. The third kappa shape index (κ3) is 1.83. The van der Waals surface area contributed by atoms with E-state index in [1.165, 1.54) is 30.6 Å².